The summed E-state index contributed by atoms with van der Waals surface area (Å²) in [5.74, 6) is -1.60. The molecule has 1 aromatic carbocycles. The van der Waals surface area contributed by atoms with Gasteiger partial charge < -0.3 is 10.6 Å². The fraction of sp³-hybridized carbons (Fsp3) is 0.333. The van der Waals surface area contributed by atoms with Crippen molar-refractivity contribution in [2.45, 2.75) is 18.7 Å². The van der Waals surface area contributed by atoms with E-state index in [4.69, 9.17) is 0 Å². The molecule has 2 amide bonds. The second-order valence-corrected chi connectivity index (χ2v) is 8.02. The van der Waals surface area contributed by atoms with Crippen LogP contribution >= 0.6 is 23.5 Å². The van der Waals surface area contributed by atoms with E-state index in [9.17, 15) is 20.1 Å². The Balaban J connectivity index is 2.11. The first-order valence-electron chi connectivity index (χ1n) is 7.75. The monoisotopic (exact) mass is 386 g/mol. The molecule has 6 nitrogen and oxygen atoms in total. The second-order valence-electron chi connectivity index (χ2n) is 6.16. The van der Waals surface area contributed by atoms with Crippen molar-refractivity contribution in [1.29, 1.82) is 10.5 Å². The number of amides is 2. The topological polar surface area (TPSA) is 106 Å². The number of benzene rings is 1. The van der Waals surface area contributed by atoms with Gasteiger partial charge in [0.2, 0.25) is 11.8 Å². The average Bonchev–Trinajstić information content (AvgIpc) is 2.59. The lowest BCUT2D eigenvalue weighted by atomic mass is 9.72. The molecule has 0 spiro atoms. The zero-order valence-corrected chi connectivity index (χ0v) is 16.3. The van der Waals surface area contributed by atoms with E-state index in [1.165, 1.54) is 0 Å². The van der Waals surface area contributed by atoms with Gasteiger partial charge in [-0.15, -0.1) is 11.8 Å². The van der Waals surface area contributed by atoms with Crippen molar-refractivity contribution in [2.75, 3.05) is 17.3 Å². The molecule has 2 N–H and O–H groups in total. The number of rotatable bonds is 5. The van der Waals surface area contributed by atoms with Crippen LogP contribution in [0.25, 0.3) is 0 Å². The van der Waals surface area contributed by atoms with Crippen molar-refractivity contribution >= 4 is 41.0 Å². The van der Waals surface area contributed by atoms with E-state index in [1.54, 1.807) is 31.7 Å². The lowest BCUT2D eigenvalue weighted by molar-refractivity contribution is -0.125. The quantitative estimate of drug-likeness (QED) is 0.753. The van der Waals surface area contributed by atoms with Crippen LogP contribution in [0.3, 0.4) is 0 Å². The average molecular weight is 387 g/mol. The van der Waals surface area contributed by atoms with E-state index in [-0.39, 0.29) is 11.7 Å². The Bertz CT molecular complexity index is 849. The molecule has 1 aromatic rings. The maximum absolute atomic E-state index is 12.2. The molecular formula is C18H18N4O2S2. The number of thioether (sulfide) groups is 2. The third kappa shape index (κ3) is 4.21. The summed E-state index contributed by atoms with van der Waals surface area (Å²) in [5, 5.41) is 24.4. The largest absolute Gasteiger partial charge is 0.325 e. The van der Waals surface area contributed by atoms with Crippen molar-refractivity contribution in [3.8, 4) is 12.1 Å². The fourth-order valence-electron chi connectivity index (χ4n) is 2.57. The molecule has 1 atom stereocenters. The molecule has 1 aliphatic rings. The molecule has 2 rings (SSSR count). The Morgan fingerprint density at radius 3 is 2.73 bits per heavy atom. The summed E-state index contributed by atoms with van der Waals surface area (Å²) in [4.78, 5) is 25.4. The van der Waals surface area contributed by atoms with Crippen molar-refractivity contribution in [3.63, 3.8) is 0 Å². The molecule has 0 bridgehead atoms. The number of anilines is 1. The van der Waals surface area contributed by atoms with Gasteiger partial charge in [-0.3, -0.25) is 9.59 Å². The lowest BCUT2D eigenvalue weighted by Gasteiger charge is -2.34. The standard InChI is InChI=1S/C18H18N4O2S2/c1-18(2)13(8-19)16(24)22-17(14(18)9-20)26-10-15(23)21-11-5-4-6-12(7-11)25-3/h4-7,13H,10H2,1-3H3,(H,21,23)(H,22,24)/t13-/m0/s1. The molecule has 8 heteroatoms. The predicted octanol–water partition coefficient (Wildman–Crippen LogP) is 3.11. The number of carbonyl (C=O) groups excluding carboxylic acids is 2. The Morgan fingerprint density at radius 1 is 1.38 bits per heavy atom. The van der Waals surface area contributed by atoms with Crippen LogP contribution in [0.2, 0.25) is 0 Å². The molecule has 26 heavy (non-hydrogen) atoms. The maximum Gasteiger partial charge on any atom is 0.243 e. The summed E-state index contributed by atoms with van der Waals surface area (Å²) >= 11 is 2.66. The van der Waals surface area contributed by atoms with Gasteiger partial charge in [0.05, 0.1) is 28.5 Å². The third-order valence-electron chi connectivity index (χ3n) is 4.03. The molecular weight excluding hydrogens is 368 g/mol. The van der Waals surface area contributed by atoms with Gasteiger partial charge in [0.1, 0.15) is 5.92 Å². The minimum atomic E-state index is -0.940. The van der Waals surface area contributed by atoms with Gasteiger partial charge in [-0.1, -0.05) is 31.7 Å². The van der Waals surface area contributed by atoms with Gasteiger partial charge in [0.25, 0.3) is 0 Å². The molecule has 0 fully saturated rings. The van der Waals surface area contributed by atoms with Crippen LogP contribution in [0, 0.1) is 34.0 Å². The van der Waals surface area contributed by atoms with Crippen molar-refractivity contribution < 1.29 is 9.59 Å². The van der Waals surface area contributed by atoms with E-state index >= 15 is 0 Å². The third-order valence-corrected chi connectivity index (χ3v) is 5.76. The molecule has 0 aliphatic carbocycles. The van der Waals surface area contributed by atoms with Gasteiger partial charge >= 0.3 is 0 Å². The molecule has 0 saturated carbocycles. The Kier molecular flexibility index (Phi) is 6.36. The summed E-state index contributed by atoms with van der Waals surface area (Å²) in [6, 6.07) is 11.5. The number of nitriles is 2. The minimum Gasteiger partial charge on any atom is -0.325 e. The van der Waals surface area contributed by atoms with E-state index in [0.29, 0.717) is 16.3 Å². The van der Waals surface area contributed by atoms with Gasteiger partial charge in [-0.2, -0.15) is 10.5 Å². The van der Waals surface area contributed by atoms with Gasteiger partial charge in [-0.25, -0.2) is 0 Å². The van der Waals surface area contributed by atoms with E-state index in [0.717, 1.165) is 16.7 Å². The van der Waals surface area contributed by atoms with Crippen molar-refractivity contribution in [2.24, 2.45) is 11.3 Å². The highest BCUT2D eigenvalue weighted by Crippen LogP contribution is 2.41. The Morgan fingerprint density at radius 2 is 2.12 bits per heavy atom. The zero-order chi connectivity index (χ0) is 19.3. The maximum atomic E-state index is 12.2. The molecule has 0 radical (unpaired) electrons. The normalized spacial score (nSPS) is 18.5. The summed E-state index contributed by atoms with van der Waals surface area (Å²) in [5.41, 5.74) is 0.0949. The number of carbonyl (C=O) groups is 2. The van der Waals surface area contributed by atoms with Crippen LogP contribution in [0.5, 0.6) is 0 Å². The summed E-state index contributed by atoms with van der Waals surface area (Å²) in [7, 11) is 0. The molecule has 1 heterocycles. The molecule has 1 aliphatic heterocycles. The Labute approximate surface area is 161 Å². The number of hydrogen-bond acceptors (Lipinski definition) is 6. The molecule has 0 saturated heterocycles. The second kappa shape index (κ2) is 8.31. The van der Waals surface area contributed by atoms with Crippen LogP contribution in [-0.2, 0) is 9.59 Å². The number of hydrogen-bond donors (Lipinski definition) is 2. The molecule has 0 unspecified atom stereocenters. The summed E-state index contributed by atoms with van der Waals surface area (Å²) < 4.78 is 0. The Hall–Kier alpha value is -2.42. The zero-order valence-electron chi connectivity index (χ0n) is 14.6. The van der Waals surface area contributed by atoms with Crippen LogP contribution in [-0.4, -0.2) is 23.8 Å². The van der Waals surface area contributed by atoms with Crippen LogP contribution in [0.15, 0.2) is 39.8 Å². The highest BCUT2D eigenvalue weighted by atomic mass is 32.2. The summed E-state index contributed by atoms with van der Waals surface area (Å²) in [6.45, 7) is 3.37. The molecule has 134 valence electrons. The van der Waals surface area contributed by atoms with E-state index in [1.807, 2.05) is 30.5 Å². The van der Waals surface area contributed by atoms with Crippen LogP contribution in [0.1, 0.15) is 13.8 Å². The smallest absolute Gasteiger partial charge is 0.243 e. The first-order valence-corrected chi connectivity index (χ1v) is 9.96. The molecule has 0 aromatic heterocycles. The summed E-state index contributed by atoms with van der Waals surface area (Å²) in [6.07, 6.45) is 1.95. The van der Waals surface area contributed by atoms with Gasteiger partial charge in [0, 0.05) is 16.0 Å². The first kappa shape index (κ1) is 19.9. The highest BCUT2D eigenvalue weighted by Gasteiger charge is 2.44. The number of nitrogens with one attached hydrogen (secondary N) is 2. The van der Waals surface area contributed by atoms with Gasteiger partial charge in [0.15, 0.2) is 0 Å². The van der Waals surface area contributed by atoms with Crippen LogP contribution in [0.4, 0.5) is 5.69 Å². The minimum absolute atomic E-state index is 0.0393. The van der Waals surface area contributed by atoms with Crippen molar-refractivity contribution in [3.05, 3.63) is 34.9 Å². The van der Waals surface area contributed by atoms with E-state index in [2.05, 4.69) is 16.7 Å². The van der Waals surface area contributed by atoms with Crippen LogP contribution < -0.4 is 10.6 Å². The van der Waals surface area contributed by atoms with E-state index < -0.39 is 17.2 Å². The highest BCUT2D eigenvalue weighted by molar-refractivity contribution is 8.03. The first-order chi connectivity index (χ1) is 12.3. The number of allylic oxidation sites excluding steroid dienone is 1. The predicted molar refractivity (Wildman–Crippen MR) is 103 cm³/mol. The van der Waals surface area contributed by atoms with Gasteiger partial charge in [-0.05, 0) is 24.5 Å². The fourth-order valence-corrected chi connectivity index (χ4v) is 4.00. The number of nitrogens with zero attached hydrogens (tertiary/aromatic N) is 2. The van der Waals surface area contributed by atoms with Crippen molar-refractivity contribution in [1.82, 2.24) is 5.32 Å². The SMILES string of the molecule is CSc1cccc(NC(=O)CSC2=C(C#N)C(C)(C)[C@@H](C#N)C(=O)N2)c1. The lowest BCUT2D eigenvalue weighted by Crippen LogP contribution is -2.44.